The monoisotopic (exact) mass is 272 g/mol. The third-order valence-electron chi connectivity index (χ3n) is 2.97. The number of ether oxygens (including phenoxy) is 1. The van der Waals surface area contributed by atoms with Gasteiger partial charge in [-0.25, -0.2) is 0 Å². The molecule has 5 heteroatoms. The highest BCUT2D eigenvalue weighted by atomic mass is 16.5. The highest BCUT2D eigenvalue weighted by molar-refractivity contribution is 5.41. The van der Waals surface area contributed by atoms with E-state index < -0.39 is 0 Å². The summed E-state index contributed by atoms with van der Waals surface area (Å²) in [6.45, 7) is 2.27. The summed E-state index contributed by atoms with van der Waals surface area (Å²) in [5.74, 6) is 1.51. The predicted molar refractivity (Wildman–Crippen MR) is 79.7 cm³/mol. The summed E-state index contributed by atoms with van der Waals surface area (Å²) in [6.07, 6.45) is 4.56. The fourth-order valence-electron chi connectivity index (χ4n) is 1.96. The van der Waals surface area contributed by atoms with Crippen LogP contribution >= 0.6 is 0 Å². The van der Waals surface area contributed by atoms with E-state index in [0.29, 0.717) is 12.4 Å². The Morgan fingerprint density at radius 3 is 2.85 bits per heavy atom. The first kappa shape index (κ1) is 14.3. The first-order valence-electron chi connectivity index (χ1n) is 6.68. The lowest BCUT2D eigenvalue weighted by Gasteiger charge is -2.23. The van der Waals surface area contributed by atoms with Gasteiger partial charge >= 0.3 is 0 Å². The van der Waals surface area contributed by atoms with E-state index in [1.54, 1.807) is 13.3 Å². The van der Waals surface area contributed by atoms with Gasteiger partial charge < -0.3 is 15.4 Å². The van der Waals surface area contributed by atoms with E-state index in [4.69, 9.17) is 10.5 Å². The molecule has 0 atom stereocenters. The van der Waals surface area contributed by atoms with Crippen LogP contribution in [0.5, 0.6) is 5.88 Å². The third-order valence-corrected chi connectivity index (χ3v) is 2.97. The van der Waals surface area contributed by atoms with E-state index in [9.17, 15) is 0 Å². The SMILES string of the molecule is COc1cccc(N(CCCN)Cc2cccnc2)n1. The van der Waals surface area contributed by atoms with Gasteiger partial charge in [0, 0.05) is 31.5 Å². The zero-order valence-electron chi connectivity index (χ0n) is 11.7. The molecule has 5 nitrogen and oxygen atoms in total. The molecule has 0 saturated heterocycles. The van der Waals surface area contributed by atoms with Crippen molar-refractivity contribution in [1.82, 2.24) is 9.97 Å². The van der Waals surface area contributed by atoms with Crippen LogP contribution in [0.4, 0.5) is 5.82 Å². The molecule has 0 radical (unpaired) electrons. The van der Waals surface area contributed by atoms with Gasteiger partial charge in [-0.1, -0.05) is 12.1 Å². The van der Waals surface area contributed by atoms with Gasteiger partial charge in [0.05, 0.1) is 7.11 Å². The van der Waals surface area contributed by atoms with Crippen molar-refractivity contribution < 1.29 is 4.74 Å². The van der Waals surface area contributed by atoms with E-state index in [2.05, 4.69) is 20.9 Å². The predicted octanol–water partition coefficient (Wildman–Crippen LogP) is 1.84. The maximum absolute atomic E-state index is 5.62. The first-order valence-corrected chi connectivity index (χ1v) is 6.68. The average Bonchev–Trinajstić information content (AvgIpc) is 2.52. The minimum atomic E-state index is 0.617. The largest absolute Gasteiger partial charge is 0.481 e. The van der Waals surface area contributed by atoms with E-state index in [0.717, 1.165) is 30.9 Å². The second-order valence-corrected chi connectivity index (χ2v) is 4.46. The van der Waals surface area contributed by atoms with Crippen LogP contribution < -0.4 is 15.4 Å². The highest BCUT2D eigenvalue weighted by Gasteiger charge is 2.09. The number of pyridine rings is 2. The van der Waals surface area contributed by atoms with E-state index >= 15 is 0 Å². The molecule has 0 aromatic carbocycles. The molecule has 2 aromatic heterocycles. The van der Waals surface area contributed by atoms with Crippen molar-refractivity contribution in [2.75, 3.05) is 25.1 Å². The Balaban J connectivity index is 2.17. The Hall–Kier alpha value is -2.14. The number of methoxy groups -OCH3 is 1. The number of nitrogens with zero attached hydrogens (tertiary/aromatic N) is 3. The number of hydrogen-bond acceptors (Lipinski definition) is 5. The number of hydrogen-bond donors (Lipinski definition) is 1. The van der Waals surface area contributed by atoms with E-state index in [-0.39, 0.29) is 0 Å². The van der Waals surface area contributed by atoms with Crippen LogP contribution in [0, 0.1) is 0 Å². The Labute approximate surface area is 119 Å². The Bertz CT molecular complexity index is 518. The van der Waals surface area contributed by atoms with Crippen LogP contribution in [0.25, 0.3) is 0 Å². The van der Waals surface area contributed by atoms with Crippen molar-refractivity contribution in [2.24, 2.45) is 5.73 Å². The summed E-state index contributed by atoms with van der Waals surface area (Å²) < 4.78 is 5.18. The van der Waals surface area contributed by atoms with Crippen molar-refractivity contribution in [3.8, 4) is 5.88 Å². The van der Waals surface area contributed by atoms with Crippen LogP contribution in [-0.4, -0.2) is 30.2 Å². The van der Waals surface area contributed by atoms with Crippen molar-refractivity contribution in [2.45, 2.75) is 13.0 Å². The molecule has 0 bridgehead atoms. The first-order chi connectivity index (χ1) is 9.83. The summed E-state index contributed by atoms with van der Waals surface area (Å²) in [5.41, 5.74) is 6.77. The number of rotatable bonds is 7. The van der Waals surface area contributed by atoms with Gasteiger partial charge in [-0.15, -0.1) is 0 Å². The van der Waals surface area contributed by atoms with Gasteiger partial charge in [0.15, 0.2) is 0 Å². The molecule has 0 fully saturated rings. The Morgan fingerprint density at radius 1 is 1.25 bits per heavy atom. The summed E-state index contributed by atoms with van der Waals surface area (Å²) in [6, 6.07) is 9.77. The lowest BCUT2D eigenvalue weighted by atomic mass is 10.2. The van der Waals surface area contributed by atoms with Crippen molar-refractivity contribution in [1.29, 1.82) is 0 Å². The zero-order chi connectivity index (χ0) is 14.2. The van der Waals surface area contributed by atoms with Crippen LogP contribution in [0.15, 0.2) is 42.7 Å². The standard InChI is InChI=1S/C15H20N4O/c1-20-15-7-2-6-14(18-15)19(10-4-8-16)12-13-5-3-9-17-11-13/h2-3,5-7,9,11H,4,8,10,12,16H2,1H3. The van der Waals surface area contributed by atoms with Crippen LogP contribution in [0.1, 0.15) is 12.0 Å². The van der Waals surface area contributed by atoms with Crippen molar-refractivity contribution >= 4 is 5.82 Å². The Kier molecular flexibility index (Phi) is 5.32. The maximum atomic E-state index is 5.62. The summed E-state index contributed by atoms with van der Waals surface area (Å²) in [5, 5.41) is 0. The van der Waals surface area contributed by atoms with Crippen molar-refractivity contribution in [3.63, 3.8) is 0 Å². The van der Waals surface area contributed by atoms with Gasteiger partial charge in [-0.2, -0.15) is 4.98 Å². The fraction of sp³-hybridized carbons (Fsp3) is 0.333. The second kappa shape index (κ2) is 7.45. The minimum Gasteiger partial charge on any atom is -0.481 e. The molecule has 0 saturated carbocycles. The fourth-order valence-corrected chi connectivity index (χ4v) is 1.96. The molecule has 2 N–H and O–H groups in total. The molecule has 0 unspecified atom stereocenters. The maximum Gasteiger partial charge on any atom is 0.214 e. The van der Waals surface area contributed by atoms with Gasteiger partial charge in [0.25, 0.3) is 0 Å². The van der Waals surface area contributed by atoms with Crippen LogP contribution in [0.2, 0.25) is 0 Å². The quantitative estimate of drug-likeness (QED) is 0.833. The summed E-state index contributed by atoms with van der Waals surface area (Å²) in [4.78, 5) is 10.8. The summed E-state index contributed by atoms with van der Waals surface area (Å²) >= 11 is 0. The molecule has 0 aliphatic rings. The van der Waals surface area contributed by atoms with Crippen LogP contribution in [0.3, 0.4) is 0 Å². The van der Waals surface area contributed by atoms with Gasteiger partial charge in [-0.05, 0) is 30.7 Å². The smallest absolute Gasteiger partial charge is 0.214 e. The normalized spacial score (nSPS) is 10.3. The molecule has 2 heterocycles. The molecule has 0 aliphatic heterocycles. The molecular formula is C15H20N4O. The topological polar surface area (TPSA) is 64.3 Å². The molecular weight excluding hydrogens is 252 g/mol. The molecule has 0 amide bonds. The molecule has 0 aliphatic carbocycles. The molecule has 106 valence electrons. The lowest BCUT2D eigenvalue weighted by Crippen LogP contribution is -2.26. The summed E-state index contributed by atoms with van der Waals surface area (Å²) in [7, 11) is 1.62. The van der Waals surface area contributed by atoms with Gasteiger partial charge in [-0.3, -0.25) is 4.98 Å². The lowest BCUT2D eigenvalue weighted by molar-refractivity contribution is 0.397. The molecule has 0 spiro atoms. The van der Waals surface area contributed by atoms with Crippen LogP contribution in [-0.2, 0) is 6.54 Å². The second-order valence-electron chi connectivity index (χ2n) is 4.46. The van der Waals surface area contributed by atoms with Crippen molar-refractivity contribution in [3.05, 3.63) is 48.3 Å². The van der Waals surface area contributed by atoms with E-state index in [1.165, 1.54) is 0 Å². The molecule has 2 rings (SSSR count). The highest BCUT2D eigenvalue weighted by Crippen LogP contribution is 2.18. The average molecular weight is 272 g/mol. The van der Waals surface area contributed by atoms with E-state index in [1.807, 2.05) is 30.5 Å². The zero-order valence-corrected chi connectivity index (χ0v) is 11.7. The van der Waals surface area contributed by atoms with Gasteiger partial charge in [0.1, 0.15) is 5.82 Å². The van der Waals surface area contributed by atoms with Gasteiger partial charge in [0.2, 0.25) is 5.88 Å². The molecule has 20 heavy (non-hydrogen) atoms. The number of anilines is 1. The Morgan fingerprint density at radius 2 is 2.15 bits per heavy atom. The third kappa shape index (κ3) is 3.93. The number of aromatic nitrogens is 2. The minimum absolute atomic E-state index is 0.617. The molecule has 2 aromatic rings. The number of nitrogens with two attached hydrogens (primary N) is 1.